The van der Waals surface area contributed by atoms with Crippen molar-refractivity contribution in [1.82, 2.24) is 0 Å². The summed E-state index contributed by atoms with van der Waals surface area (Å²) in [5.41, 5.74) is -0.0278. The maximum absolute atomic E-state index is 12.3. The second kappa shape index (κ2) is 6.82. The van der Waals surface area contributed by atoms with E-state index in [2.05, 4.69) is 0 Å². The summed E-state index contributed by atoms with van der Waals surface area (Å²) in [5.74, 6) is 0.219. The molecule has 0 saturated heterocycles. The minimum absolute atomic E-state index is 0.0602. The summed E-state index contributed by atoms with van der Waals surface area (Å²) >= 11 is 7.09. The van der Waals surface area contributed by atoms with E-state index >= 15 is 0 Å². The molecular formula is C17H10ClNO4S. The Morgan fingerprint density at radius 3 is 2.50 bits per heavy atom. The van der Waals surface area contributed by atoms with E-state index in [1.54, 1.807) is 41.8 Å². The van der Waals surface area contributed by atoms with Crippen molar-refractivity contribution < 1.29 is 14.5 Å². The molecule has 0 N–H and O–H groups in total. The Morgan fingerprint density at radius 1 is 1.12 bits per heavy atom. The standard InChI is InChI=1S/C17H10ClNO4S/c18-12-4-6-13(7-5-12)23-15-8-3-11(10-14(15)19(21)22)17(20)16-2-1-9-24-16/h1-10H. The molecule has 3 aromatic rings. The number of benzene rings is 2. The average Bonchev–Trinajstić information content (AvgIpc) is 3.11. The van der Waals surface area contributed by atoms with Gasteiger partial charge in [-0.2, -0.15) is 0 Å². The predicted molar refractivity (Wildman–Crippen MR) is 92.4 cm³/mol. The van der Waals surface area contributed by atoms with Crippen LogP contribution in [0.15, 0.2) is 60.0 Å². The smallest absolute Gasteiger partial charge is 0.312 e. The van der Waals surface area contributed by atoms with E-state index in [-0.39, 0.29) is 22.8 Å². The highest BCUT2D eigenvalue weighted by Gasteiger charge is 2.20. The van der Waals surface area contributed by atoms with Crippen molar-refractivity contribution in [2.24, 2.45) is 0 Å². The van der Waals surface area contributed by atoms with Gasteiger partial charge in [0.2, 0.25) is 11.5 Å². The van der Waals surface area contributed by atoms with E-state index in [9.17, 15) is 14.9 Å². The zero-order chi connectivity index (χ0) is 17.1. The number of carbonyl (C=O) groups excluding carboxylic acids is 1. The van der Waals surface area contributed by atoms with Crippen LogP contribution in [-0.4, -0.2) is 10.7 Å². The number of nitrogens with zero attached hydrogens (tertiary/aromatic N) is 1. The first-order chi connectivity index (χ1) is 11.5. The Hall–Kier alpha value is -2.70. The molecule has 3 rings (SSSR count). The molecule has 0 spiro atoms. The number of thiophene rings is 1. The number of carbonyl (C=O) groups is 1. The van der Waals surface area contributed by atoms with Crippen LogP contribution < -0.4 is 4.74 Å². The third-order valence-corrected chi connectivity index (χ3v) is 4.32. The molecule has 0 fully saturated rings. The molecule has 120 valence electrons. The average molecular weight is 360 g/mol. The second-order valence-electron chi connectivity index (χ2n) is 4.80. The summed E-state index contributed by atoms with van der Waals surface area (Å²) in [6, 6.07) is 14.1. The largest absolute Gasteiger partial charge is 0.450 e. The molecule has 7 heteroatoms. The van der Waals surface area contributed by atoms with Gasteiger partial charge in [0.05, 0.1) is 9.80 Å². The lowest BCUT2D eigenvalue weighted by molar-refractivity contribution is -0.385. The minimum Gasteiger partial charge on any atom is -0.450 e. The summed E-state index contributed by atoms with van der Waals surface area (Å²) in [5, 5.41) is 13.6. The van der Waals surface area contributed by atoms with Crippen LogP contribution in [-0.2, 0) is 0 Å². The first-order valence-electron chi connectivity index (χ1n) is 6.84. The van der Waals surface area contributed by atoms with Gasteiger partial charge in [-0.3, -0.25) is 14.9 Å². The highest BCUT2D eigenvalue weighted by molar-refractivity contribution is 7.12. The van der Waals surface area contributed by atoms with Gasteiger partial charge >= 0.3 is 5.69 Å². The summed E-state index contributed by atoms with van der Waals surface area (Å²) in [6.45, 7) is 0. The number of hydrogen-bond donors (Lipinski definition) is 0. The molecule has 0 amide bonds. The quantitative estimate of drug-likeness (QED) is 0.350. The van der Waals surface area contributed by atoms with Gasteiger partial charge in [0.15, 0.2) is 0 Å². The van der Waals surface area contributed by atoms with Crippen molar-refractivity contribution in [3.63, 3.8) is 0 Å². The van der Waals surface area contributed by atoms with Crippen molar-refractivity contribution in [2.45, 2.75) is 0 Å². The molecule has 24 heavy (non-hydrogen) atoms. The Balaban J connectivity index is 1.94. The molecule has 0 radical (unpaired) electrons. The number of rotatable bonds is 5. The molecule has 1 aromatic heterocycles. The Labute approximate surface area is 146 Å². The fraction of sp³-hybridized carbons (Fsp3) is 0. The zero-order valence-electron chi connectivity index (χ0n) is 12.1. The zero-order valence-corrected chi connectivity index (χ0v) is 13.7. The van der Waals surface area contributed by atoms with Crippen LogP contribution in [0.3, 0.4) is 0 Å². The van der Waals surface area contributed by atoms with Crippen LogP contribution >= 0.6 is 22.9 Å². The van der Waals surface area contributed by atoms with Crippen LogP contribution in [0.25, 0.3) is 0 Å². The maximum Gasteiger partial charge on any atom is 0.312 e. The van der Waals surface area contributed by atoms with Crippen molar-refractivity contribution in [2.75, 3.05) is 0 Å². The van der Waals surface area contributed by atoms with Gasteiger partial charge in [-0.25, -0.2) is 0 Å². The van der Waals surface area contributed by atoms with Gasteiger partial charge in [0.25, 0.3) is 0 Å². The number of hydrogen-bond acceptors (Lipinski definition) is 5. The molecule has 0 unspecified atom stereocenters. The monoisotopic (exact) mass is 359 g/mol. The normalized spacial score (nSPS) is 10.4. The number of halogens is 1. The highest BCUT2D eigenvalue weighted by Crippen LogP contribution is 2.33. The first kappa shape index (κ1) is 16.2. The van der Waals surface area contributed by atoms with Gasteiger partial charge in [-0.15, -0.1) is 11.3 Å². The molecule has 1 heterocycles. The van der Waals surface area contributed by atoms with Crippen molar-refractivity contribution in [3.05, 3.63) is 85.6 Å². The number of nitro groups is 1. The van der Waals surface area contributed by atoms with E-state index in [4.69, 9.17) is 16.3 Å². The maximum atomic E-state index is 12.3. The molecule has 5 nitrogen and oxygen atoms in total. The van der Waals surface area contributed by atoms with E-state index < -0.39 is 4.92 Å². The van der Waals surface area contributed by atoms with Gasteiger partial charge in [0.1, 0.15) is 5.75 Å². The molecule has 0 bridgehead atoms. The molecular weight excluding hydrogens is 350 g/mol. The number of ether oxygens (including phenoxy) is 1. The second-order valence-corrected chi connectivity index (χ2v) is 6.19. The molecule has 0 aliphatic heterocycles. The Bertz CT molecular complexity index is 891. The number of ketones is 1. The van der Waals surface area contributed by atoms with Crippen LogP contribution in [0.4, 0.5) is 5.69 Å². The fourth-order valence-electron chi connectivity index (χ4n) is 2.07. The van der Waals surface area contributed by atoms with Gasteiger partial charge < -0.3 is 4.74 Å². The highest BCUT2D eigenvalue weighted by atomic mass is 35.5. The van der Waals surface area contributed by atoms with Gasteiger partial charge in [0, 0.05) is 16.7 Å². The summed E-state index contributed by atoms with van der Waals surface area (Å²) in [6.07, 6.45) is 0. The molecule has 0 saturated carbocycles. The molecule has 0 aliphatic carbocycles. The summed E-state index contributed by atoms with van der Waals surface area (Å²) < 4.78 is 5.54. The first-order valence-corrected chi connectivity index (χ1v) is 8.10. The molecule has 0 aliphatic rings. The number of nitro benzene ring substituents is 1. The van der Waals surface area contributed by atoms with E-state index in [0.29, 0.717) is 15.6 Å². The third kappa shape index (κ3) is 3.45. The Morgan fingerprint density at radius 2 is 1.88 bits per heavy atom. The lowest BCUT2D eigenvalue weighted by atomic mass is 10.1. The SMILES string of the molecule is O=C(c1ccc(Oc2ccc(Cl)cc2)c([N+](=O)[O-])c1)c1cccs1. The molecule has 0 atom stereocenters. The Kier molecular flexibility index (Phi) is 4.59. The van der Waals surface area contributed by atoms with Crippen molar-refractivity contribution in [1.29, 1.82) is 0 Å². The summed E-state index contributed by atoms with van der Waals surface area (Å²) in [7, 11) is 0. The van der Waals surface area contributed by atoms with Crippen molar-refractivity contribution in [3.8, 4) is 11.5 Å². The van der Waals surface area contributed by atoms with Crippen LogP contribution in [0, 0.1) is 10.1 Å². The van der Waals surface area contributed by atoms with Crippen LogP contribution in [0.1, 0.15) is 15.2 Å². The lowest BCUT2D eigenvalue weighted by Crippen LogP contribution is -2.01. The van der Waals surface area contributed by atoms with Crippen LogP contribution in [0.5, 0.6) is 11.5 Å². The third-order valence-electron chi connectivity index (χ3n) is 3.20. The minimum atomic E-state index is -0.573. The van der Waals surface area contributed by atoms with Crippen LogP contribution in [0.2, 0.25) is 5.02 Å². The fourth-order valence-corrected chi connectivity index (χ4v) is 2.88. The van der Waals surface area contributed by atoms with E-state index in [1.807, 2.05) is 0 Å². The van der Waals surface area contributed by atoms with Gasteiger partial charge in [-0.1, -0.05) is 17.7 Å². The molecule has 2 aromatic carbocycles. The lowest BCUT2D eigenvalue weighted by Gasteiger charge is -2.07. The summed E-state index contributed by atoms with van der Waals surface area (Å²) in [4.78, 5) is 23.6. The topological polar surface area (TPSA) is 69.4 Å². The van der Waals surface area contributed by atoms with E-state index in [1.165, 1.54) is 29.5 Å². The van der Waals surface area contributed by atoms with E-state index in [0.717, 1.165) is 0 Å². The predicted octanol–water partition coefficient (Wildman–Crippen LogP) is 5.33. The van der Waals surface area contributed by atoms with Crippen molar-refractivity contribution >= 4 is 34.4 Å². The van der Waals surface area contributed by atoms with Gasteiger partial charge in [-0.05, 0) is 47.8 Å².